The van der Waals surface area contributed by atoms with Gasteiger partial charge in [0, 0.05) is 11.8 Å². The number of carbonyl (C=O) groups excluding carboxylic acids is 1. The molecule has 5 N–H and O–H groups in total. The van der Waals surface area contributed by atoms with Gasteiger partial charge in [0.05, 0.1) is 17.6 Å². The van der Waals surface area contributed by atoms with Gasteiger partial charge in [-0.3, -0.25) is 4.79 Å². The Morgan fingerprint density at radius 1 is 1.07 bits per heavy atom. The van der Waals surface area contributed by atoms with Crippen LogP contribution in [0.3, 0.4) is 0 Å². The molecular formula is C20H28O7. The monoisotopic (exact) mass is 380 g/mol. The second kappa shape index (κ2) is 4.83. The van der Waals surface area contributed by atoms with Crippen molar-refractivity contribution in [2.45, 2.75) is 69.9 Å². The minimum atomic E-state index is -2.42. The molecule has 7 nitrogen and oxygen atoms in total. The molecule has 4 bridgehead atoms. The molecule has 2 aliphatic heterocycles. The standard InChI is InChI=1S/C20H28O7/c1-8-9-4-5-10-18-11(21)6-7-17(2,3)12(18)15(24)20(26,27-16(18)25)19(10,13(8)22)14(9)23/h9-12,14-16,21,23-26H,1,4-7H2,2-3H3/t9-,10-,11-,12?,14+,15-,16+,18-,19-,20+/m0/s1. The Hall–Kier alpha value is -0.830. The summed E-state index contributed by atoms with van der Waals surface area (Å²) in [5, 5.41) is 56.2. The number of aliphatic hydroxyl groups excluding tert-OH is 4. The maximum atomic E-state index is 13.4. The largest absolute Gasteiger partial charge is 0.392 e. The normalized spacial score (nSPS) is 60.9. The first-order valence-corrected chi connectivity index (χ1v) is 9.85. The van der Waals surface area contributed by atoms with Gasteiger partial charge in [-0.25, -0.2) is 0 Å². The summed E-state index contributed by atoms with van der Waals surface area (Å²) in [4.78, 5) is 13.4. The molecule has 0 aromatic rings. The van der Waals surface area contributed by atoms with E-state index in [0.717, 1.165) is 0 Å². The van der Waals surface area contributed by atoms with Crippen molar-refractivity contribution in [3.63, 3.8) is 0 Å². The average molecular weight is 380 g/mol. The third-order valence-corrected chi connectivity index (χ3v) is 8.93. The Morgan fingerprint density at radius 2 is 1.74 bits per heavy atom. The van der Waals surface area contributed by atoms with E-state index in [1.807, 2.05) is 13.8 Å². The molecule has 6 fully saturated rings. The highest BCUT2D eigenvalue weighted by Gasteiger charge is 2.88. The summed E-state index contributed by atoms with van der Waals surface area (Å²) in [6, 6.07) is 0. The Morgan fingerprint density at radius 3 is 2.41 bits per heavy atom. The number of ketones is 1. The average Bonchev–Trinajstić information content (AvgIpc) is 2.70. The molecule has 4 saturated carbocycles. The highest BCUT2D eigenvalue weighted by Crippen LogP contribution is 2.77. The lowest BCUT2D eigenvalue weighted by Gasteiger charge is -2.75. The van der Waals surface area contributed by atoms with E-state index in [1.54, 1.807) is 0 Å². The Labute approximate surface area is 157 Å². The van der Waals surface area contributed by atoms with Crippen LogP contribution in [0.15, 0.2) is 12.2 Å². The Balaban J connectivity index is 1.84. The summed E-state index contributed by atoms with van der Waals surface area (Å²) in [5.74, 6) is -4.83. The number of Topliss-reactive ketones (excluding diaryl/α,β-unsaturated/α-hetero) is 1. The van der Waals surface area contributed by atoms with Crippen LogP contribution < -0.4 is 0 Å². The molecule has 4 aliphatic carbocycles. The lowest BCUT2D eigenvalue weighted by molar-refractivity contribution is -0.507. The summed E-state index contributed by atoms with van der Waals surface area (Å²) in [5.41, 5.74) is -3.41. The molecule has 2 spiro atoms. The van der Waals surface area contributed by atoms with Crippen LogP contribution in [0.2, 0.25) is 0 Å². The fraction of sp³-hybridized carbons (Fsp3) is 0.850. The van der Waals surface area contributed by atoms with E-state index in [4.69, 9.17) is 4.74 Å². The highest BCUT2D eigenvalue weighted by molar-refractivity contribution is 6.05. The lowest BCUT2D eigenvalue weighted by Crippen LogP contribution is -2.87. The molecule has 6 rings (SSSR count). The molecule has 27 heavy (non-hydrogen) atoms. The number of ether oxygens (including phenoxy) is 1. The topological polar surface area (TPSA) is 127 Å². The molecule has 2 saturated heterocycles. The van der Waals surface area contributed by atoms with Crippen LogP contribution in [0, 0.1) is 34.0 Å². The van der Waals surface area contributed by atoms with Crippen molar-refractivity contribution in [3.8, 4) is 0 Å². The summed E-state index contributed by atoms with van der Waals surface area (Å²) in [6.45, 7) is 7.72. The first-order chi connectivity index (χ1) is 12.5. The van der Waals surface area contributed by atoms with Gasteiger partial charge in [0.2, 0.25) is 5.79 Å². The van der Waals surface area contributed by atoms with Gasteiger partial charge in [-0.2, -0.15) is 0 Å². The summed E-state index contributed by atoms with van der Waals surface area (Å²) in [7, 11) is 0. The third-order valence-electron chi connectivity index (χ3n) is 8.93. The van der Waals surface area contributed by atoms with Crippen molar-refractivity contribution in [2.24, 2.45) is 34.0 Å². The van der Waals surface area contributed by atoms with Gasteiger partial charge in [0.15, 0.2) is 12.1 Å². The van der Waals surface area contributed by atoms with E-state index < -0.39 is 70.2 Å². The molecule has 1 unspecified atom stereocenters. The van der Waals surface area contributed by atoms with Gasteiger partial charge < -0.3 is 30.3 Å². The fourth-order valence-electron chi connectivity index (χ4n) is 7.96. The van der Waals surface area contributed by atoms with E-state index in [0.29, 0.717) is 25.7 Å². The van der Waals surface area contributed by atoms with Crippen LogP contribution in [0.5, 0.6) is 0 Å². The Bertz CT molecular complexity index is 749. The van der Waals surface area contributed by atoms with Crippen molar-refractivity contribution in [3.05, 3.63) is 12.2 Å². The second-order valence-corrected chi connectivity index (χ2v) is 10.0. The zero-order valence-electron chi connectivity index (χ0n) is 15.6. The maximum absolute atomic E-state index is 13.4. The second-order valence-electron chi connectivity index (χ2n) is 10.0. The predicted octanol–water partition coefficient (Wildman–Crippen LogP) is -0.306. The molecule has 10 atom stereocenters. The van der Waals surface area contributed by atoms with E-state index in [1.165, 1.54) is 0 Å². The van der Waals surface area contributed by atoms with E-state index in [2.05, 4.69) is 6.58 Å². The number of carbonyl (C=O) groups is 1. The molecule has 2 heterocycles. The van der Waals surface area contributed by atoms with Crippen LogP contribution >= 0.6 is 0 Å². The lowest BCUT2D eigenvalue weighted by atomic mass is 9.35. The minimum absolute atomic E-state index is 0.230. The van der Waals surface area contributed by atoms with Crippen molar-refractivity contribution < 1.29 is 35.1 Å². The van der Waals surface area contributed by atoms with E-state index >= 15 is 0 Å². The van der Waals surface area contributed by atoms with E-state index in [-0.39, 0.29) is 5.57 Å². The van der Waals surface area contributed by atoms with Crippen LogP contribution in [0.4, 0.5) is 0 Å². The third kappa shape index (κ3) is 1.52. The van der Waals surface area contributed by atoms with Gasteiger partial charge in [-0.05, 0) is 42.6 Å². The fourth-order valence-corrected chi connectivity index (χ4v) is 7.96. The van der Waals surface area contributed by atoms with Crippen molar-refractivity contribution in [2.75, 3.05) is 0 Å². The van der Waals surface area contributed by atoms with Gasteiger partial charge >= 0.3 is 0 Å². The molecule has 6 aliphatic rings. The number of hydrogen-bond donors (Lipinski definition) is 5. The molecule has 0 radical (unpaired) electrons. The minimum Gasteiger partial charge on any atom is -0.392 e. The van der Waals surface area contributed by atoms with Crippen LogP contribution in [0.25, 0.3) is 0 Å². The van der Waals surface area contributed by atoms with Crippen molar-refractivity contribution >= 4 is 5.78 Å². The first-order valence-electron chi connectivity index (χ1n) is 9.85. The smallest absolute Gasteiger partial charge is 0.211 e. The zero-order valence-corrected chi connectivity index (χ0v) is 15.6. The van der Waals surface area contributed by atoms with Crippen LogP contribution in [-0.4, -0.2) is 61.7 Å². The van der Waals surface area contributed by atoms with E-state index in [9.17, 15) is 30.3 Å². The van der Waals surface area contributed by atoms with Gasteiger partial charge in [0.1, 0.15) is 11.5 Å². The number of fused-ring (bicyclic) bond motifs is 2. The SMILES string of the molecule is C=C1C(=O)[C@]23[C@H](O)[C@H]1CC[C@H]2[C@]12C([C@H](O)[C@@]3(O)O[C@H]1O)C(C)(C)CC[C@@H]2O. The van der Waals surface area contributed by atoms with Crippen LogP contribution in [-0.2, 0) is 9.53 Å². The summed E-state index contributed by atoms with van der Waals surface area (Å²) in [6.07, 6.45) is -3.43. The number of aliphatic hydroxyl groups is 5. The maximum Gasteiger partial charge on any atom is 0.211 e. The first kappa shape index (κ1) is 18.2. The molecule has 0 aromatic carbocycles. The van der Waals surface area contributed by atoms with Gasteiger partial charge in [-0.1, -0.05) is 20.4 Å². The van der Waals surface area contributed by atoms with Crippen LogP contribution in [0.1, 0.15) is 39.5 Å². The molecule has 7 heteroatoms. The molecule has 0 aromatic heterocycles. The highest BCUT2D eigenvalue weighted by atomic mass is 16.7. The molecule has 150 valence electrons. The van der Waals surface area contributed by atoms with Crippen molar-refractivity contribution in [1.82, 2.24) is 0 Å². The van der Waals surface area contributed by atoms with Gasteiger partial charge in [-0.15, -0.1) is 0 Å². The summed E-state index contributed by atoms with van der Waals surface area (Å²) < 4.78 is 5.57. The number of rotatable bonds is 0. The Kier molecular flexibility index (Phi) is 3.26. The van der Waals surface area contributed by atoms with Crippen molar-refractivity contribution in [1.29, 1.82) is 0 Å². The molecule has 0 amide bonds. The quantitative estimate of drug-likeness (QED) is 0.365. The molecular weight excluding hydrogens is 352 g/mol. The zero-order chi connectivity index (χ0) is 19.7. The predicted molar refractivity (Wildman–Crippen MR) is 91.8 cm³/mol. The number of hydrogen-bond acceptors (Lipinski definition) is 7. The van der Waals surface area contributed by atoms with Gasteiger partial charge in [0.25, 0.3) is 0 Å². The summed E-state index contributed by atoms with van der Waals surface area (Å²) >= 11 is 0.